The van der Waals surface area contributed by atoms with Gasteiger partial charge >= 0.3 is 5.97 Å². The number of nitrogens with one attached hydrogen (secondary N) is 1. The number of hydrogen-bond donors (Lipinski definition) is 2. The molecule has 16 heavy (non-hydrogen) atoms. The highest BCUT2D eigenvalue weighted by molar-refractivity contribution is 7.92. The van der Waals surface area contributed by atoms with Crippen molar-refractivity contribution in [2.75, 3.05) is 5.75 Å². The third-order valence-electron chi connectivity index (χ3n) is 2.18. The molecule has 0 aliphatic carbocycles. The normalized spacial score (nSPS) is 14.2. The first-order valence-electron chi connectivity index (χ1n) is 4.76. The van der Waals surface area contributed by atoms with E-state index in [9.17, 15) is 18.0 Å². The fourth-order valence-electron chi connectivity index (χ4n) is 0.939. The Morgan fingerprint density at radius 3 is 2.25 bits per heavy atom. The molecule has 0 fully saturated rings. The smallest absolute Gasteiger partial charge is 0.326 e. The van der Waals surface area contributed by atoms with Crippen LogP contribution in [-0.4, -0.2) is 42.4 Å². The van der Waals surface area contributed by atoms with E-state index in [1.165, 1.54) is 0 Å². The lowest BCUT2D eigenvalue weighted by Crippen LogP contribution is -2.39. The van der Waals surface area contributed by atoms with Crippen LogP contribution in [0.1, 0.15) is 27.2 Å². The molecule has 0 aliphatic heterocycles. The van der Waals surface area contributed by atoms with E-state index in [2.05, 4.69) is 5.32 Å². The van der Waals surface area contributed by atoms with Crippen LogP contribution in [0.25, 0.3) is 0 Å². The lowest BCUT2D eigenvalue weighted by molar-refractivity contribution is -0.140. The van der Waals surface area contributed by atoms with Crippen molar-refractivity contribution in [3.05, 3.63) is 0 Å². The molecular formula is C9H17NO5S. The second kappa shape index (κ2) is 5.29. The van der Waals surface area contributed by atoms with Gasteiger partial charge in [0.25, 0.3) is 0 Å². The fourth-order valence-corrected chi connectivity index (χ4v) is 2.10. The van der Waals surface area contributed by atoms with Gasteiger partial charge < -0.3 is 10.4 Å². The van der Waals surface area contributed by atoms with E-state index in [-0.39, 0.29) is 18.6 Å². The Morgan fingerprint density at radius 1 is 1.44 bits per heavy atom. The predicted molar refractivity (Wildman–Crippen MR) is 58.8 cm³/mol. The molecule has 1 amide bonds. The molecule has 0 heterocycles. The number of aliphatic carboxylic acids is 1. The van der Waals surface area contributed by atoms with Gasteiger partial charge in [-0.1, -0.05) is 0 Å². The summed E-state index contributed by atoms with van der Waals surface area (Å²) in [6, 6.07) is -1.16. The van der Waals surface area contributed by atoms with Crippen LogP contribution in [0, 0.1) is 0 Å². The number of carboxylic acids is 1. The minimum atomic E-state index is -3.36. The molecule has 0 saturated carbocycles. The van der Waals surface area contributed by atoms with Crippen molar-refractivity contribution in [2.45, 2.75) is 38.0 Å². The quantitative estimate of drug-likeness (QED) is 0.636. The average Bonchev–Trinajstić information content (AvgIpc) is 2.09. The molecule has 7 heteroatoms. The lowest BCUT2D eigenvalue weighted by atomic mass is 10.2. The van der Waals surface area contributed by atoms with E-state index in [0.717, 1.165) is 0 Å². The van der Waals surface area contributed by atoms with Crippen LogP contribution in [0.4, 0.5) is 0 Å². The molecular weight excluding hydrogens is 234 g/mol. The molecule has 94 valence electrons. The Bertz CT molecular complexity index is 355. The molecule has 0 aliphatic rings. The predicted octanol–water partition coefficient (Wildman–Crippen LogP) is -0.211. The molecule has 0 bridgehead atoms. The van der Waals surface area contributed by atoms with Gasteiger partial charge in [0, 0.05) is 0 Å². The first kappa shape index (κ1) is 14.9. The van der Waals surface area contributed by atoms with E-state index < -0.39 is 26.6 Å². The number of hydrogen-bond acceptors (Lipinski definition) is 4. The van der Waals surface area contributed by atoms with Gasteiger partial charge in [-0.3, -0.25) is 4.79 Å². The second-order valence-corrected chi connectivity index (χ2v) is 7.26. The third kappa shape index (κ3) is 4.18. The standard InChI is InChI=1S/C9H17NO5S/c1-9(2,3)16(14,15)5-4-7(8(12)13)10-6-11/h6-7H,4-5H2,1-3H3,(H,10,11)(H,12,13). The molecule has 6 nitrogen and oxygen atoms in total. The highest BCUT2D eigenvalue weighted by atomic mass is 32.2. The highest BCUT2D eigenvalue weighted by Crippen LogP contribution is 2.17. The number of carboxylic acid groups (broad SMARTS) is 1. The van der Waals surface area contributed by atoms with Gasteiger partial charge in [-0.25, -0.2) is 13.2 Å². The maximum absolute atomic E-state index is 11.7. The van der Waals surface area contributed by atoms with E-state index in [1.54, 1.807) is 20.8 Å². The summed E-state index contributed by atoms with van der Waals surface area (Å²) in [5.41, 5.74) is 0. The van der Waals surface area contributed by atoms with Crippen molar-refractivity contribution in [3.8, 4) is 0 Å². The summed E-state index contributed by atoms with van der Waals surface area (Å²) in [6.45, 7) is 4.64. The number of carbonyl (C=O) groups is 2. The Kier molecular flexibility index (Phi) is 4.92. The Hall–Kier alpha value is -1.11. The molecule has 0 radical (unpaired) electrons. The van der Waals surface area contributed by atoms with Gasteiger partial charge in [0.15, 0.2) is 9.84 Å². The molecule has 0 aromatic heterocycles. The largest absolute Gasteiger partial charge is 0.480 e. The zero-order chi connectivity index (χ0) is 13.0. The summed E-state index contributed by atoms with van der Waals surface area (Å²) in [5, 5.41) is 10.7. The second-order valence-electron chi connectivity index (χ2n) is 4.40. The minimum absolute atomic E-state index is 0.131. The Balaban J connectivity index is 4.54. The minimum Gasteiger partial charge on any atom is -0.480 e. The van der Waals surface area contributed by atoms with Crippen LogP contribution in [0.15, 0.2) is 0 Å². The van der Waals surface area contributed by atoms with Gasteiger partial charge in [-0.15, -0.1) is 0 Å². The van der Waals surface area contributed by atoms with E-state index in [4.69, 9.17) is 5.11 Å². The summed E-state index contributed by atoms with van der Waals surface area (Å²) >= 11 is 0. The van der Waals surface area contributed by atoms with Crippen molar-refractivity contribution < 1.29 is 23.1 Å². The Morgan fingerprint density at radius 2 is 1.94 bits per heavy atom. The zero-order valence-corrected chi connectivity index (χ0v) is 10.4. The molecule has 2 N–H and O–H groups in total. The van der Waals surface area contributed by atoms with Gasteiger partial charge in [-0.05, 0) is 27.2 Å². The Labute approximate surface area is 95.0 Å². The summed E-state index contributed by atoms with van der Waals surface area (Å²) in [4.78, 5) is 20.8. The topological polar surface area (TPSA) is 101 Å². The van der Waals surface area contributed by atoms with Crippen LogP contribution < -0.4 is 5.32 Å². The number of carbonyl (C=O) groups excluding carboxylic acids is 1. The van der Waals surface area contributed by atoms with E-state index in [0.29, 0.717) is 0 Å². The summed E-state index contributed by atoms with van der Waals surface area (Å²) in [7, 11) is -3.36. The monoisotopic (exact) mass is 251 g/mol. The van der Waals surface area contributed by atoms with Crippen molar-refractivity contribution in [2.24, 2.45) is 0 Å². The van der Waals surface area contributed by atoms with Crippen LogP contribution >= 0.6 is 0 Å². The van der Waals surface area contributed by atoms with Gasteiger partial charge in [0.2, 0.25) is 6.41 Å². The number of rotatable bonds is 6. The maximum atomic E-state index is 11.7. The van der Waals surface area contributed by atoms with Crippen molar-refractivity contribution in [1.29, 1.82) is 0 Å². The number of amides is 1. The van der Waals surface area contributed by atoms with Gasteiger partial charge in [0.05, 0.1) is 10.5 Å². The van der Waals surface area contributed by atoms with Crippen LogP contribution in [0.3, 0.4) is 0 Å². The van der Waals surface area contributed by atoms with Crippen LogP contribution in [0.2, 0.25) is 0 Å². The number of sulfone groups is 1. The van der Waals surface area contributed by atoms with Crippen LogP contribution in [0.5, 0.6) is 0 Å². The first-order chi connectivity index (χ1) is 7.12. The summed E-state index contributed by atoms with van der Waals surface area (Å²) < 4.78 is 22.4. The maximum Gasteiger partial charge on any atom is 0.326 e. The molecule has 0 saturated heterocycles. The third-order valence-corrected chi connectivity index (χ3v) is 4.81. The van der Waals surface area contributed by atoms with Crippen molar-refractivity contribution >= 4 is 22.2 Å². The zero-order valence-electron chi connectivity index (χ0n) is 9.56. The van der Waals surface area contributed by atoms with E-state index in [1.807, 2.05) is 0 Å². The molecule has 0 spiro atoms. The fraction of sp³-hybridized carbons (Fsp3) is 0.778. The van der Waals surface area contributed by atoms with Crippen molar-refractivity contribution in [1.82, 2.24) is 5.32 Å². The molecule has 0 aromatic rings. The van der Waals surface area contributed by atoms with Gasteiger partial charge in [0.1, 0.15) is 6.04 Å². The van der Waals surface area contributed by atoms with E-state index >= 15 is 0 Å². The first-order valence-corrected chi connectivity index (χ1v) is 6.42. The summed E-state index contributed by atoms with van der Waals surface area (Å²) in [6.07, 6.45) is 0.121. The molecule has 0 aromatic carbocycles. The molecule has 0 rings (SSSR count). The molecule has 1 atom stereocenters. The summed E-state index contributed by atoms with van der Waals surface area (Å²) in [5.74, 6) is -1.51. The van der Waals surface area contributed by atoms with Crippen LogP contribution in [-0.2, 0) is 19.4 Å². The van der Waals surface area contributed by atoms with Crippen molar-refractivity contribution in [3.63, 3.8) is 0 Å². The van der Waals surface area contributed by atoms with Gasteiger partial charge in [-0.2, -0.15) is 0 Å². The highest BCUT2D eigenvalue weighted by Gasteiger charge is 2.30. The average molecular weight is 251 g/mol. The SMILES string of the molecule is CC(C)(C)S(=O)(=O)CCC(NC=O)C(=O)O. The molecule has 1 unspecified atom stereocenters. The lowest BCUT2D eigenvalue weighted by Gasteiger charge is -2.20.